The van der Waals surface area contributed by atoms with Crippen LogP contribution in [0.3, 0.4) is 0 Å². The molecule has 1 aliphatic heterocycles. The first-order valence-electron chi connectivity index (χ1n) is 14.3. The van der Waals surface area contributed by atoms with E-state index in [1.54, 1.807) is 23.9 Å². The molecule has 0 atom stereocenters. The first kappa shape index (κ1) is 33.4. The number of carbonyl (C=O) groups is 1. The highest BCUT2D eigenvalue weighted by Gasteiger charge is 2.10. The van der Waals surface area contributed by atoms with Crippen molar-refractivity contribution in [1.82, 2.24) is 4.90 Å². The molecule has 0 spiro atoms. The van der Waals surface area contributed by atoms with Crippen molar-refractivity contribution in [1.29, 1.82) is 0 Å². The van der Waals surface area contributed by atoms with Crippen LogP contribution in [0.4, 0.5) is 16.2 Å². The van der Waals surface area contributed by atoms with Crippen molar-refractivity contribution in [3.63, 3.8) is 0 Å². The lowest BCUT2D eigenvalue weighted by atomic mass is 10.1. The molecular weight excluding hydrogens is 594 g/mol. The highest BCUT2D eigenvalue weighted by Crippen LogP contribution is 2.27. The van der Waals surface area contributed by atoms with E-state index in [0.717, 1.165) is 35.8 Å². The molecule has 2 amide bonds. The van der Waals surface area contributed by atoms with E-state index >= 15 is 0 Å². The number of carbonyl (C=O) groups excluding carboxylic acids is 1. The fourth-order valence-corrected chi connectivity index (χ4v) is 5.43. The van der Waals surface area contributed by atoms with Gasteiger partial charge in [-0.2, -0.15) is 0 Å². The molecule has 1 aliphatic rings. The number of urea groups is 1. The minimum atomic E-state index is -0.328. The molecule has 8 heteroatoms. The van der Waals surface area contributed by atoms with Crippen LogP contribution in [0.15, 0.2) is 54.1 Å². The first-order chi connectivity index (χ1) is 18.6. The van der Waals surface area contributed by atoms with Gasteiger partial charge in [0.25, 0.3) is 0 Å². The Kier molecular flexibility index (Phi) is 17.2. The van der Waals surface area contributed by atoms with Gasteiger partial charge in [-0.1, -0.05) is 101 Å². The molecule has 3 rings (SSSR count). The average Bonchev–Trinajstić information content (AvgIpc) is 3.41. The number of unbranched alkanes of at least 4 members (excludes halogenated alkanes) is 11. The Bertz CT molecular complexity index is 1010. The maximum Gasteiger partial charge on any atom is 0.323 e. The summed E-state index contributed by atoms with van der Waals surface area (Å²) >= 11 is 8.19. The summed E-state index contributed by atoms with van der Waals surface area (Å²) < 4.78 is 5.88. The number of hydrogen-bond donors (Lipinski definition) is 2. The highest BCUT2D eigenvalue weighted by atomic mass is 79.9. The zero-order chi connectivity index (χ0) is 26.8. The number of nitrogens with zero attached hydrogens (tertiary/aromatic N) is 1. The van der Waals surface area contributed by atoms with Gasteiger partial charge < -0.3 is 20.3 Å². The number of halogens is 2. The Balaban J connectivity index is 0.00000533. The van der Waals surface area contributed by atoms with Gasteiger partial charge in [0.05, 0.1) is 23.2 Å². The lowest BCUT2D eigenvalue weighted by Crippen LogP contribution is -2.20. The topological polar surface area (TPSA) is 53.6 Å². The molecule has 0 unspecified atom stereocenters. The quantitative estimate of drug-likeness (QED) is 0.160. The van der Waals surface area contributed by atoms with Gasteiger partial charge in [0.1, 0.15) is 5.75 Å². The third kappa shape index (κ3) is 13.9. The van der Waals surface area contributed by atoms with Crippen LogP contribution in [0.1, 0.15) is 89.5 Å². The lowest BCUT2D eigenvalue weighted by molar-refractivity contribution is 0.262. The lowest BCUT2D eigenvalue weighted by Gasteiger charge is -2.15. The summed E-state index contributed by atoms with van der Waals surface area (Å²) in [6, 6.07) is 13.0. The summed E-state index contributed by atoms with van der Waals surface area (Å²) in [5, 5.41) is 8.28. The Hall–Kier alpha value is -1.83. The molecule has 0 saturated heterocycles. The molecule has 0 aromatic heterocycles. The first-order valence-corrected chi connectivity index (χ1v) is 15.7. The van der Waals surface area contributed by atoms with Crippen molar-refractivity contribution in [2.24, 2.45) is 0 Å². The van der Waals surface area contributed by atoms with Crippen LogP contribution < -0.4 is 15.4 Å². The molecule has 0 radical (unpaired) electrons. The zero-order valence-electron chi connectivity index (χ0n) is 23.3. The van der Waals surface area contributed by atoms with Crippen LogP contribution in [0.5, 0.6) is 5.75 Å². The van der Waals surface area contributed by atoms with E-state index in [1.807, 2.05) is 24.3 Å². The van der Waals surface area contributed by atoms with Crippen LogP contribution in [-0.4, -0.2) is 23.4 Å². The van der Waals surface area contributed by atoms with Crippen molar-refractivity contribution in [2.75, 3.05) is 23.1 Å². The SMILES string of the molecule is Br.CCCCCCCCCCCCCCOc1ccc(NC(=O)Nc2cccc(CN3C=CSC3)c2)c(Cl)c1. The fourth-order valence-electron chi connectivity index (χ4n) is 4.50. The number of ether oxygens (including phenoxy) is 1. The van der Waals surface area contributed by atoms with Gasteiger partial charge in [-0.05, 0) is 41.7 Å². The van der Waals surface area contributed by atoms with Crippen LogP contribution in [0, 0.1) is 0 Å². The van der Waals surface area contributed by atoms with Gasteiger partial charge in [0.15, 0.2) is 0 Å². The Morgan fingerprint density at radius 3 is 2.26 bits per heavy atom. The molecule has 0 bridgehead atoms. The number of amides is 2. The Morgan fingerprint density at radius 2 is 1.62 bits per heavy atom. The minimum absolute atomic E-state index is 0. The van der Waals surface area contributed by atoms with Gasteiger partial charge in [0, 0.05) is 24.5 Å². The normalized spacial score (nSPS) is 12.3. The van der Waals surface area contributed by atoms with Crippen LogP contribution >= 0.6 is 40.3 Å². The summed E-state index contributed by atoms with van der Waals surface area (Å²) in [7, 11) is 0. The second-order valence-corrected chi connectivity index (χ2v) is 11.3. The molecule has 2 N–H and O–H groups in total. The van der Waals surface area contributed by atoms with E-state index in [-0.39, 0.29) is 23.0 Å². The van der Waals surface area contributed by atoms with Gasteiger partial charge in [-0.3, -0.25) is 0 Å². The molecular formula is C31H45BrClN3O2S. The maximum absolute atomic E-state index is 12.5. The predicted octanol–water partition coefficient (Wildman–Crippen LogP) is 10.6. The van der Waals surface area contributed by atoms with Gasteiger partial charge in [-0.15, -0.1) is 28.7 Å². The minimum Gasteiger partial charge on any atom is -0.494 e. The molecule has 39 heavy (non-hydrogen) atoms. The number of hydrogen-bond acceptors (Lipinski definition) is 4. The number of nitrogens with one attached hydrogen (secondary N) is 2. The molecule has 0 aliphatic carbocycles. The summed E-state index contributed by atoms with van der Waals surface area (Å²) in [5.41, 5.74) is 2.44. The van der Waals surface area contributed by atoms with Crippen LogP contribution in [-0.2, 0) is 6.54 Å². The Labute approximate surface area is 255 Å². The summed E-state index contributed by atoms with van der Waals surface area (Å²) in [6.45, 7) is 3.77. The third-order valence-electron chi connectivity index (χ3n) is 6.63. The van der Waals surface area contributed by atoms with Crippen molar-refractivity contribution in [3.8, 4) is 5.75 Å². The van der Waals surface area contributed by atoms with E-state index < -0.39 is 0 Å². The van der Waals surface area contributed by atoms with Crippen molar-refractivity contribution < 1.29 is 9.53 Å². The van der Waals surface area contributed by atoms with Crippen molar-refractivity contribution in [3.05, 3.63) is 64.7 Å². The van der Waals surface area contributed by atoms with Gasteiger partial charge >= 0.3 is 6.03 Å². The smallest absolute Gasteiger partial charge is 0.323 e. The number of thioether (sulfide) groups is 1. The molecule has 1 heterocycles. The average molecular weight is 639 g/mol. The standard InChI is InChI=1S/C31H44ClN3O2S.BrH/c1-2-3-4-5-6-7-8-9-10-11-12-13-20-37-28-17-18-30(29(32)23-28)34-31(36)33-27-16-14-15-26(22-27)24-35-19-21-38-25-35;/h14-19,21-23H,2-13,20,24-25H2,1H3,(H2,33,34,36);1H. The fraction of sp³-hybridized carbons (Fsp3) is 0.516. The predicted molar refractivity (Wildman–Crippen MR) is 175 cm³/mol. The highest BCUT2D eigenvalue weighted by molar-refractivity contribution is 8.93. The van der Waals surface area contributed by atoms with E-state index in [4.69, 9.17) is 16.3 Å². The molecule has 0 saturated carbocycles. The largest absolute Gasteiger partial charge is 0.494 e. The molecule has 216 valence electrons. The van der Waals surface area contributed by atoms with Crippen molar-refractivity contribution >= 4 is 57.8 Å². The maximum atomic E-state index is 12.5. The van der Waals surface area contributed by atoms with E-state index in [2.05, 4.69) is 40.1 Å². The van der Waals surface area contributed by atoms with Crippen molar-refractivity contribution in [2.45, 2.75) is 90.5 Å². The summed E-state index contributed by atoms with van der Waals surface area (Å²) in [4.78, 5) is 14.8. The number of rotatable bonds is 18. The second-order valence-electron chi connectivity index (χ2n) is 9.99. The van der Waals surface area contributed by atoms with E-state index in [0.29, 0.717) is 17.3 Å². The van der Waals surface area contributed by atoms with E-state index in [1.165, 1.54) is 70.6 Å². The second kappa shape index (κ2) is 20.1. The van der Waals surface area contributed by atoms with Crippen LogP contribution in [0.25, 0.3) is 0 Å². The molecule has 5 nitrogen and oxygen atoms in total. The van der Waals surface area contributed by atoms with Crippen LogP contribution in [0.2, 0.25) is 5.02 Å². The van der Waals surface area contributed by atoms with Gasteiger partial charge in [-0.25, -0.2) is 4.79 Å². The third-order valence-corrected chi connectivity index (χ3v) is 7.74. The van der Waals surface area contributed by atoms with E-state index in [9.17, 15) is 4.79 Å². The summed E-state index contributed by atoms with van der Waals surface area (Å²) in [6.07, 6.45) is 18.0. The van der Waals surface area contributed by atoms with Gasteiger partial charge in [0.2, 0.25) is 0 Å². The Morgan fingerprint density at radius 1 is 0.923 bits per heavy atom. The molecule has 2 aromatic rings. The monoisotopic (exact) mass is 637 g/mol. The number of anilines is 2. The number of benzene rings is 2. The summed E-state index contributed by atoms with van der Waals surface area (Å²) in [5.74, 6) is 1.68. The molecule has 0 fully saturated rings. The zero-order valence-corrected chi connectivity index (χ0v) is 26.5. The molecule has 2 aromatic carbocycles.